The van der Waals surface area contributed by atoms with Gasteiger partial charge in [0.2, 0.25) is 5.91 Å². The van der Waals surface area contributed by atoms with Crippen molar-refractivity contribution in [2.24, 2.45) is 0 Å². The number of nitrogens with one attached hydrogen (secondary N) is 1. The lowest BCUT2D eigenvalue weighted by Gasteiger charge is -2.09. The van der Waals surface area contributed by atoms with Crippen LogP contribution in [0.2, 0.25) is 10.0 Å². The molecule has 0 radical (unpaired) electrons. The Morgan fingerprint density at radius 2 is 1.81 bits per heavy atom. The van der Waals surface area contributed by atoms with Crippen LogP contribution in [0.15, 0.2) is 54.9 Å². The maximum atomic E-state index is 12.1. The Morgan fingerprint density at radius 1 is 1.12 bits per heavy atom. The molecule has 26 heavy (non-hydrogen) atoms. The number of hydrogen-bond donors (Lipinski definition) is 1. The number of imidazole rings is 1. The predicted molar refractivity (Wildman–Crippen MR) is 105 cm³/mol. The maximum absolute atomic E-state index is 12.1. The van der Waals surface area contributed by atoms with Crippen molar-refractivity contribution in [2.75, 3.05) is 0 Å². The minimum absolute atomic E-state index is 0.0319. The molecular weight excluding hydrogens is 369 g/mol. The summed E-state index contributed by atoms with van der Waals surface area (Å²) < 4.78 is 2.01. The summed E-state index contributed by atoms with van der Waals surface area (Å²) >= 11 is 12.3. The third-order valence-corrected chi connectivity index (χ3v) is 4.90. The molecule has 134 valence electrons. The quantitative estimate of drug-likeness (QED) is 0.663. The first-order valence-corrected chi connectivity index (χ1v) is 9.09. The molecule has 1 heterocycles. The van der Waals surface area contributed by atoms with Crippen LogP contribution < -0.4 is 5.32 Å². The highest BCUT2D eigenvalue weighted by Gasteiger charge is 2.09. The number of aromatic nitrogens is 2. The van der Waals surface area contributed by atoms with Gasteiger partial charge in [-0.25, -0.2) is 4.98 Å². The minimum atomic E-state index is -0.0319. The second-order valence-corrected chi connectivity index (χ2v) is 6.80. The SMILES string of the molecule is Cc1nccn1-c1ccc(CNC(=O)CCc2c(Cl)cccc2Cl)cc1. The highest BCUT2D eigenvalue weighted by molar-refractivity contribution is 6.36. The van der Waals surface area contributed by atoms with Crippen molar-refractivity contribution in [3.8, 4) is 5.69 Å². The largest absolute Gasteiger partial charge is 0.352 e. The number of carbonyl (C=O) groups excluding carboxylic acids is 1. The fourth-order valence-corrected chi connectivity index (χ4v) is 3.31. The van der Waals surface area contributed by atoms with E-state index >= 15 is 0 Å². The fourth-order valence-electron chi connectivity index (χ4n) is 2.72. The number of nitrogens with zero attached hydrogens (tertiary/aromatic N) is 2. The molecule has 0 saturated heterocycles. The van der Waals surface area contributed by atoms with Gasteiger partial charge in [-0.15, -0.1) is 0 Å². The zero-order chi connectivity index (χ0) is 18.5. The molecular formula is C20H19Cl2N3O. The summed E-state index contributed by atoms with van der Waals surface area (Å²) in [4.78, 5) is 16.3. The lowest BCUT2D eigenvalue weighted by molar-refractivity contribution is -0.121. The van der Waals surface area contributed by atoms with Gasteiger partial charge in [0.1, 0.15) is 5.82 Å². The van der Waals surface area contributed by atoms with E-state index in [-0.39, 0.29) is 5.91 Å². The van der Waals surface area contributed by atoms with Gasteiger partial charge < -0.3 is 9.88 Å². The Hall–Kier alpha value is -2.30. The minimum Gasteiger partial charge on any atom is -0.352 e. The Labute approximate surface area is 162 Å². The molecule has 0 fully saturated rings. The monoisotopic (exact) mass is 387 g/mol. The van der Waals surface area contributed by atoms with Gasteiger partial charge in [0.25, 0.3) is 0 Å². The van der Waals surface area contributed by atoms with Crippen molar-refractivity contribution in [2.45, 2.75) is 26.3 Å². The number of rotatable bonds is 6. The first kappa shape index (κ1) is 18.5. The maximum Gasteiger partial charge on any atom is 0.220 e. The van der Waals surface area contributed by atoms with Crippen molar-refractivity contribution in [1.29, 1.82) is 0 Å². The van der Waals surface area contributed by atoms with E-state index in [2.05, 4.69) is 10.3 Å². The molecule has 1 N–H and O–H groups in total. The van der Waals surface area contributed by atoms with Crippen molar-refractivity contribution >= 4 is 29.1 Å². The third-order valence-electron chi connectivity index (χ3n) is 4.19. The molecule has 0 aliphatic rings. The lowest BCUT2D eigenvalue weighted by Crippen LogP contribution is -2.23. The van der Waals surface area contributed by atoms with Crippen molar-refractivity contribution in [3.63, 3.8) is 0 Å². The van der Waals surface area contributed by atoms with E-state index < -0.39 is 0 Å². The molecule has 0 unspecified atom stereocenters. The van der Waals surface area contributed by atoms with Gasteiger partial charge in [0.05, 0.1) is 0 Å². The van der Waals surface area contributed by atoms with Gasteiger partial charge in [-0.3, -0.25) is 4.79 Å². The number of benzene rings is 2. The van der Waals surface area contributed by atoms with Crippen LogP contribution in [0.25, 0.3) is 5.69 Å². The van der Waals surface area contributed by atoms with Crippen molar-refractivity contribution in [3.05, 3.63) is 81.9 Å². The Morgan fingerprint density at radius 3 is 2.42 bits per heavy atom. The van der Waals surface area contributed by atoms with Crippen LogP contribution in [0.1, 0.15) is 23.4 Å². The first-order chi connectivity index (χ1) is 12.5. The summed E-state index contributed by atoms with van der Waals surface area (Å²) in [6.45, 7) is 2.44. The van der Waals surface area contributed by atoms with E-state index in [1.54, 1.807) is 24.4 Å². The number of hydrogen-bond acceptors (Lipinski definition) is 2. The standard InChI is InChI=1S/C20H19Cl2N3O/c1-14-23-11-12-25(14)16-7-5-15(6-8-16)13-24-20(26)10-9-17-18(21)3-2-4-19(17)22/h2-8,11-12H,9-10,13H2,1H3,(H,24,26). The van der Waals surface area contributed by atoms with Crippen LogP contribution in [0, 0.1) is 6.92 Å². The van der Waals surface area contributed by atoms with Crippen LogP contribution in [-0.2, 0) is 17.8 Å². The van der Waals surface area contributed by atoms with Gasteiger partial charge >= 0.3 is 0 Å². The van der Waals surface area contributed by atoms with Crippen molar-refractivity contribution in [1.82, 2.24) is 14.9 Å². The van der Waals surface area contributed by atoms with E-state index in [1.165, 1.54) is 0 Å². The molecule has 0 saturated carbocycles. The Bertz CT molecular complexity index is 883. The summed E-state index contributed by atoms with van der Waals surface area (Å²) in [6, 6.07) is 13.4. The van der Waals surface area contributed by atoms with Crippen molar-refractivity contribution < 1.29 is 4.79 Å². The molecule has 6 heteroatoms. The molecule has 0 aliphatic heterocycles. The predicted octanol–water partition coefficient (Wildman–Crippen LogP) is 4.74. The average Bonchev–Trinajstić information content (AvgIpc) is 3.06. The van der Waals surface area contributed by atoms with Crippen LogP contribution in [0.4, 0.5) is 0 Å². The lowest BCUT2D eigenvalue weighted by atomic mass is 10.1. The zero-order valence-corrected chi connectivity index (χ0v) is 15.9. The smallest absolute Gasteiger partial charge is 0.220 e. The molecule has 4 nitrogen and oxygen atoms in total. The Balaban J connectivity index is 1.52. The summed E-state index contributed by atoms with van der Waals surface area (Å²) in [6.07, 6.45) is 4.56. The highest BCUT2D eigenvalue weighted by Crippen LogP contribution is 2.25. The molecule has 0 bridgehead atoms. The molecule has 1 amide bonds. The molecule has 3 aromatic rings. The van der Waals surface area contributed by atoms with Crippen LogP contribution >= 0.6 is 23.2 Å². The summed E-state index contributed by atoms with van der Waals surface area (Å²) in [5.74, 6) is 0.903. The number of aryl methyl sites for hydroxylation is 1. The molecule has 1 aromatic heterocycles. The van der Waals surface area contributed by atoms with E-state index in [1.807, 2.05) is 42.0 Å². The molecule has 2 aromatic carbocycles. The van der Waals surface area contributed by atoms with Gasteiger partial charge in [-0.1, -0.05) is 41.4 Å². The third kappa shape index (κ3) is 4.45. The van der Waals surface area contributed by atoms with Gasteiger partial charge in [-0.05, 0) is 48.7 Å². The van der Waals surface area contributed by atoms with E-state index in [4.69, 9.17) is 23.2 Å². The summed E-state index contributed by atoms with van der Waals surface area (Å²) in [7, 11) is 0. The second kappa shape index (κ2) is 8.39. The second-order valence-electron chi connectivity index (χ2n) is 5.99. The number of halogens is 2. The fraction of sp³-hybridized carbons (Fsp3) is 0.200. The number of carbonyl (C=O) groups is 1. The van der Waals surface area contributed by atoms with Crippen LogP contribution in [-0.4, -0.2) is 15.5 Å². The van der Waals surface area contributed by atoms with Gasteiger partial charge in [0.15, 0.2) is 0 Å². The molecule has 0 spiro atoms. The molecule has 3 rings (SSSR count). The molecule has 0 atom stereocenters. The van der Waals surface area contributed by atoms with Gasteiger partial charge in [-0.2, -0.15) is 0 Å². The van der Waals surface area contributed by atoms with Crippen LogP contribution in [0.3, 0.4) is 0 Å². The normalized spacial score (nSPS) is 10.7. The van der Waals surface area contributed by atoms with Crippen LogP contribution in [0.5, 0.6) is 0 Å². The average molecular weight is 388 g/mol. The first-order valence-electron chi connectivity index (χ1n) is 8.33. The van der Waals surface area contributed by atoms with E-state index in [9.17, 15) is 4.79 Å². The Kier molecular flexibility index (Phi) is 5.96. The summed E-state index contributed by atoms with van der Waals surface area (Å²) in [5.41, 5.74) is 2.89. The highest BCUT2D eigenvalue weighted by atomic mass is 35.5. The molecule has 0 aliphatic carbocycles. The van der Waals surface area contributed by atoms with E-state index in [0.29, 0.717) is 29.4 Å². The van der Waals surface area contributed by atoms with Gasteiger partial charge in [0, 0.05) is 41.1 Å². The zero-order valence-electron chi connectivity index (χ0n) is 14.4. The number of amides is 1. The van der Waals surface area contributed by atoms with E-state index in [0.717, 1.165) is 22.6 Å². The summed E-state index contributed by atoms with van der Waals surface area (Å²) in [5, 5.41) is 4.12. The topological polar surface area (TPSA) is 46.9 Å².